The molecule has 0 saturated heterocycles. The summed E-state index contributed by atoms with van der Waals surface area (Å²) in [4.78, 5) is 20.4. The molecule has 0 saturated carbocycles. The molecule has 0 bridgehead atoms. The van der Waals surface area contributed by atoms with E-state index in [1.54, 1.807) is 0 Å². The van der Waals surface area contributed by atoms with Gasteiger partial charge in [-0.1, -0.05) is 13.8 Å². The van der Waals surface area contributed by atoms with Crippen LogP contribution in [0.1, 0.15) is 25.8 Å². The molecule has 0 fully saturated rings. The summed E-state index contributed by atoms with van der Waals surface area (Å²) < 4.78 is 13.3. The minimum atomic E-state index is -1.15. The van der Waals surface area contributed by atoms with Crippen molar-refractivity contribution in [1.82, 2.24) is 0 Å². The number of hydrogen-bond acceptors (Lipinski definition) is 4. The molecule has 0 aliphatic rings. The van der Waals surface area contributed by atoms with Crippen molar-refractivity contribution in [3.05, 3.63) is 33.6 Å². The molecule has 18 heavy (non-hydrogen) atoms. The molecule has 1 aromatic carbocycles. The number of nitro groups is 1. The lowest BCUT2D eigenvalue weighted by molar-refractivity contribution is -0.386. The first-order chi connectivity index (χ1) is 8.15. The van der Waals surface area contributed by atoms with Gasteiger partial charge in [0.1, 0.15) is 5.82 Å². The van der Waals surface area contributed by atoms with Crippen LogP contribution in [0.15, 0.2) is 12.1 Å². The number of phenolic OH excluding ortho intramolecular Hbond substituents is 1. The lowest BCUT2D eigenvalue weighted by Crippen LogP contribution is -2.22. The van der Waals surface area contributed by atoms with Crippen molar-refractivity contribution in [2.75, 3.05) is 0 Å². The van der Waals surface area contributed by atoms with Crippen molar-refractivity contribution in [2.45, 2.75) is 25.7 Å². The highest BCUT2D eigenvalue weighted by Gasteiger charge is 2.31. The molecular weight excluding hydrogens is 245 g/mol. The van der Waals surface area contributed by atoms with E-state index in [1.807, 2.05) is 0 Å². The summed E-state index contributed by atoms with van der Waals surface area (Å²) in [5.74, 6) is -2.74. The molecule has 0 radical (unpaired) electrons. The molecule has 0 unspecified atom stereocenters. The molecule has 0 atom stereocenters. The predicted molar refractivity (Wildman–Crippen MR) is 60.0 cm³/mol. The third-order valence-corrected chi connectivity index (χ3v) is 2.57. The van der Waals surface area contributed by atoms with Crippen molar-refractivity contribution >= 4 is 11.7 Å². The Kier molecular flexibility index (Phi) is 3.54. The van der Waals surface area contributed by atoms with Crippen LogP contribution in [0, 0.1) is 15.9 Å². The van der Waals surface area contributed by atoms with Crippen molar-refractivity contribution in [3.8, 4) is 5.75 Å². The Bertz CT molecular complexity index is 512. The summed E-state index contributed by atoms with van der Waals surface area (Å²) in [5.41, 5.74) is -2.00. The summed E-state index contributed by atoms with van der Waals surface area (Å²) >= 11 is 0. The molecule has 0 spiro atoms. The quantitative estimate of drug-likeness (QED) is 0.636. The fourth-order valence-electron chi connectivity index (χ4n) is 1.71. The third-order valence-electron chi connectivity index (χ3n) is 2.57. The van der Waals surface area contributed by atoms with Crippen LogP contribution in [-0.2, 0) is 10.2 Å². The fraction of sp³-hybridized carbons (Fsp3) is 0.364. The van der Waals surface area contributed by atoms with Gasteiger partial charge in [0, 0.05) is 11.0 Å². The normalized spacial score (nSPS) is 11.3. The number of nitro benzene ring substituents is 1. The Labute approximate surface area is 102 Å². The first-order valence-corrected chi connectivity index (χ1v) is 5.04. The second-order valence-electron chi connectivity index (χ2n) is 4.53. The topological polar surface area (TPSA) is 101 Å². The van der Waals surface area contributed by atoms with E-state index in [-0.39, 0.29) is 12.0 Å². The Balaban J connectivity index is 3.41. The smallest absolute Gasteiger partial charge is 0.313 e. The number of carbonyl (C=O) groups is 1. The number of carboxylic acids is 1. The van der Waals surface area contributed by atoms with Gasteiger partial charge >= 0.3 is 11.7 Å². The highest BCUT2D eigenvalue weighted by molar-refractivity contribution is 5.69. The molecule has 0 aliphatic heterocycles. The number of benzene rings is 1. The highest BCUT2D eigenvalue weighted by Crippen LogP contribution is 2.39. The molecule has 0 heterocycles. The third kappa shape index (κ3) is 2.73. The number of nitrogens with zero attached hydrogens (tertiary/aromatic N) is 1. The summed E-state index contributed by atoms with van der Waals surface area (Å²) in [6.07, 6.45) is -0.388. The molecular formula is C11H12FNO5. The van der Waals surface area contributed by atoms with Crippen molar-refractivity contribution in [1.29, 1.82) is 0 Å². The standard InChI is InChI=1S/C11H12FNO5/c1-11(2,5-9(14)15)7-3-6(12)4-8(10(7)16)13(17)18/h3-4,16H,5H2,1-2H3,(H,14,15). The number of hydrogen-bond donors (Lipinski definition) is 2. The van der Waals surface area contributed by atoms with E-state index in [0.717, 1.165) is 6.07 Å². The van der Waals surface area contributed by atoms with Crippen LogP contribution >= 0.6 is 0 Å². The maximum Gasteiger partial charge on any atom is 0.313 e. The van der Waals surface area contributed by atoms with Crippen molar-refractivity contribution in [2.24, 2.45) is 0 Å². The van der Waals surface area contributed by atoms with E-state index in [2.05, 4.69) is 0 Å². The zero-order chi connectivity index (χ0) is 14.1. The minimum Gasteiger partial charge on any atom is -0.502 e. The van der Waals surface area contributed by atoms with Crippen LogP contribution < -0.4 is 0 Å². The van der Waals surface area contributed by atoms with E-state index in [9.17, 15) is 24.4 Å². The van der Waals surface area contributed by atoms with Crippen molar-refractivity contribution in [3.63, 3.8) is 0 Å². The number of phenols is 1. The molecule has 2 N–H and O–H groups in total. The fourth-order valence-corrected chi connectivity index (χ4v) is 1.71. The van der Waals surface area contributed by atoms with E-state index in [0.29, 0.717) is 6.07 Å². The lowest BCUT2D eigenvalue weighted by atomic mass is 9.80. The van der Waals surface area contributed by atoms with Gasteiger partial charge in [-0.15, -0.1) is 0 Å². The number of aliphatic carboxylic acids is 1. The number of halogens is 1. The Morgan fingerprint density at radius 2 is 2.06 bits per heavy atom. The summed E-state index contributed by atoms with van der Waals surface area (Å²) in [6.45, 7) is 2.92. The van der Waals surface area contributed by atoms with E-state index in [1.165, 1.54) is 13.8 Å². The summed E-state index contributed by atoms with van der Waals surface area (Å²) in [6, 6.07) is 1.50. The van der Waals surface area contributed by atoms with Gasteiger partial charge in [-0.25, -0.2) is 4.39 Å². The SMILES string of the molecule is CC(C)(CC(=O)O)c1cc(F)cc([N+](=O)[O-])c1O. The largest absolute Gasteiger partial charge is 0.502 e. The van der Waals surface area contributed by atoms with Gasteiger partial charge in [-0.2, -0.15) is 0 Å². The number of carboxylic acid groups (broad SMARTS) is 1. The lowest BCUT2D eigenvalue weighted by Gasteiger charge is -2.23. The van der Waals surface area contributed by atoms with E-state index in [4.69, 9.17) is 5.11 Å². The average Bonchev–Trinajstić information content (AvgIpc) is 2.18. The second-order valence-corrected chi connectivity index (χ2v) is 4.53. The van der Waals surface area contributed by atoms with Crippen LogP contribution in [0.4, 0.5) is 10.1 Å². The summed E-state index contributed by atoms with van der Waals surface area (Å²) in [7, 11) is 0. The summed E-state index contributed by atoms with van der Waals surface area (Å²) in [5, 5.41) is 29.1. The first-order valence-electron chi connectivity index (χ1n) is 5.04. The molecule has 0 aliphatic carbocycles. The monoisotopic (exact) mass is 257 g/mol. The van der Waals surface area contributed by atoms with Gasteiger partial charge in [0.05, 0.1) is 17.4 Å². The highest BCUT2D eigenvalue weighted by atomic mass is 19.1. The molecule has 98 valence electrons. The maximum atomic E-state index is 13.3. The van der Waals surface area contributed by atoms with E-state index >= 15 is 0 Å². The average molecular weight is 257 g/mol. The second kappa shape index (κ2) is 4.59. The Morgan fingerprint density at radius 3 is 2.50 bits per heavy atom. The van der Waals surface area contributed by atoms with Crippen LogP contribution in [-0.4, -0.2) is 21.1 Å². The Hall–Kier alpha value is -2.18. The molecule has 7 heteroatoms. The molecule has 0 amide bonds. The zero-order valence-electron chi connectivity index (χ0n) is 9.81. The van der Waals surface area contributed by atoms with Crippen LogP contribution in [0.25, 0.3) is 0 Å². The number of rotatable bonds is 4. The van der Waals surface area contributed by atoms with Gasteiger partial charge in [-0.3, -0.25) is 14.9 Å². The first kappa shape index (κ1) is 13.9. The van der Waals surface area contributed by atoms with Crippen LogP contribution in [0.5, 0.6) is 5.75 Å². The minimum absolute atomic E-state index is 0.100. The van der Waals surface area contributed by atoms with Gasteiger partial charge in [0.25, 0.3) is 0 Å². The van der Waals surface area contributed by atoms with Crippen LogP contribution in [0.3, 0.4) is 0 Å². The number of aromatic hydroxyl groups is 1. The van der Waals surface area contributed by atoms with Crippen molar-refractivity contribution < 1.29 is 24.3 Å². The van der Waals surface area contributed by atoms with Gasteiger partial charge in [0.15, 0.2) is 5.75 Å². The van der Waals surface area contributed by atoms with E-state index < -0.39 is 33.6 Å². The van der Waals surface area contributed by atoms with Gasteiger partial charge < -0.3 is 10.2 Å². The maximum absolute atomic E-state index is 13.3. The van der Waals surface area contributed by atoms with Crippen LogP contribution in [0.2, 0.25) is 0 Å². The molecule has 1 rings (SSSR count). The molecule has 1 aromatic rings. The zero-order valence-corrected chi connectivity index (χ0v) is 9.81. The Morgan fingerprint density at radius 1 is 1.50 bits per heavy atom. The van der Waals surface area contributed by atoms with Gasteiger partial charge in [-0.05, 0) is 6.07 Å². The molecule has 6 nitrogen and oxygen atoms in total. The predicted octanol–water partition coefficient (Wildman–Crippen LogP) is 2.19. The van der Waals surface area contributed by atoms with Gasteiger partial charge in [0.2, 0.25) is 0 Å². The molecule has 0 aromatic heterocycles.